The van der Waals surface area contributed by atoms with E-state index in [0.717, 1.165) is 67.5 Å². The predicted molar refractivity (Wildman–Crippen MR) is 126 cm³/mol. The van der Waals surface area contributed by atoms with Crippen molar-refractivity contribution < 1.29 is 4.74 Å². The molecule has 3 aromatic rings. The highest BCUT2D eigenvalue weighted by Gasteiger charge is 2.18. The highest BCUT2D eigenvalue weighted by molar-refractivity contribution is 7.71. The van der Waals surface area contributed by atoms with Crippen LogP contribution in [0.1, 0.15) is 19.8 Å². The van der Waals surface area contributed by atoms with Crippen molar-refractivity contribution >= 4 is 17.9 Å². The number of hydrogen-bond acceptors (Lipinski definition) is 6. The van der Waals surface area contributed by atoms with Crippen LogP contribution in [0.15, 0.2) is 48.8 Å². The summed E-state index contributed by atoms with van der Waals surface area (Å²) in [6.07, 6.45) is 5.72. The molecule has 1 aromatic carbocycles. The normalized spacial score (nSPS) is 15.1. The van der Waals surface area contributed by atoms with E-state index in [1.807, 2.05) is 28.9 Å². The maximum absolute atomic E-state index is 5.80. The average molecular weight is 439 g/mol. The minimum absolute atomic E-state index is 0.712. The summed E-state index contributed by atoms with van der Waals surface area (Å²) in [7, 11) is 1.70. The van der Waals surface area contributed by atoms with Gasteiger partial charge in [0.15, 0.2) is 10.6 Å². The quantitative estimate of drug-likeness (QED) is 0.519. The Morgan fingerprint density at radius 1 is 1.00 bits per heavy atom. The Morgan fingerprint density at radius 2 is 1.77 bits per heavy atom. The lowest BCUT2D eigenvalue weighted by atomic mass is 10.2. The van der Waals surface area contributed by atoms with Crippen molar-refractivity contribution in [1.82, 2.24) is 24.2 Å². The van der Waals surface area contributed by atoms with Crippen LogP contribution in [0.5, 0.6) is 5.75 Å². The SMILES string of the molecule is CCCn1c(-c2ccncc2)nn(CN2CCCN(c3ccc(OC)cc3)CC2)c1=S. The minimum atomic E-state index is 0.712. The molecular weight excluding hydrogens is 408 g/mol. The topological polar surface area (TPSA) is 51.4 Å². The van der Waals surface area contributed by atoms with E-state index in [1.54, 1.807) is 19.5 Å². The second-order valence-corrected chi connectivity index (χ2v) is 8.16. The van der Waals surface area contributed by atoms with Crippen LogP contribution in [0, 0.1) is 4.77 Å². The first kappa shape index (κ1) is 21.5. The largest absolute Gasteiger partial charge is 0.497 e. The number of methoxy groups -OCH3 is 1. The molecule has 0 spiro atoms. The van der Waals surface area contributed by atoms with Gasteiger partial charge in [-0.1, -0.05) is 6.92 Å². The minimum Gasteiger partial charge on any atom is -0.497 e. The second kappa shape index (κ2) is 10.1. The average Bonchev–Trinajstić information content (AvgIpc) is 2.97. The summed E-state index contributed by atoms with van der Waals surface area (Å²) in [6.45, 7) is 7.76. The number of pyridine rings is 1. The van der Waals surface area contributed by atoms with Crippen LogP contribution < -0.4 is 9.64 Å². The van der Waals surface area contributed by atoms with Crippen molar-refractivity contribution in [1.29, 1.82) is 0 Å². The van der Waals surface area contributed by atoms with Gasteiger partial charge in [0.1, 0.15) is 5.75 Å². The van der Waals surface area contributed by atoms with Crippen molar-refractivity contribution in [2.45, 2.75) is 33.0 Å². The zero-order valence-electron chi connectivity index (χ0n) is 18.3. The van der Waals surface area contributed by atoms with Crippen LogP contribution in [-0.2, 0) is 13.2 Å². The molecule has 31 heavy (non-hydrogen) atoms. The lowest BCUT2D eigenvalue weighted by Crippen LogP contribution is -2.32. The fourth-order valence-corrected chi connectivity index (χ4v) is 4.30. The molecule has 1 aliphatic rings. The molecule has 164 valence electrons. The monoisotopic (exact) mass is 438 g/mol. The van der Waals surface area contributed by atoms with Crippen LogP contribution in [0.2, 0.25) is 0 Å². The molecule has 0 saturated carbocycles. The van der Waals surface area contributed by atoms with E-state index >= 15 is 0 Å². The number of nitrogens with zero attached hydrogens (tertiary/aromatic N) is 6. The van der Waals surface area contributed by atoms with Crippen LogP contribution in [0.25, 0.3) is 11.4 Å². The summed E-state index contributed by atoms with van der Waals surface area (Å²) >= 11 is 5.80. The van der Waals surface area contributed by atoms with Crippen molar-refractivity contribution in [3.8, 4) is 17.1 Å². The number of ether oxygens (including phenoxy) is 1. The Hall–Kier alpha value is -2.71. The molecule has 7 nitrogen and oxygen atoms in total. The smallest absolute Gasteiger partial charge is 0.199 e. The van der Waals surface area contributed by atoms with Gasteiger partial charge in [0, 0.05) is 56.4 Å². The van der Waals surface area contributed by atoms with E-state index in [1.165, 1.54) is 5.69 Å². The first-order valence-corrected chi connectivity index (χ1v) is 11.3. The molecule has 0 N–H and O–H groups in total. The third kappa shape index (κ3) is 4.97. The number of hydrogen-bond donors (Lipinski definition) is 0. The van der Waals surface area contributed by atoms with Gasteiger partial charge in [0.2, 0.25) is 0 Å². The Labute approximate surface area is 188 Å². The van der Waals surface area contributed by atoms with Crippen molar-refractivity contribution in [3.63, 3.8) is 0 Å². The van der Waals surface area contributed by atoms with E-state index in [4.69, 9.17) is 22.1 Å². The Morgan fingerprint density at radius 3 is 2.48 bits per heavy atom. The zero-order chi connectivity index (χ0) is 21.6. The highest BCUT2D eigenvalue weighted by atomic mass is 32.1. The molecule has 8 heteroatoms. The molecule has 1 saturated heterocycles. The van der Waals surface area contributed by atoms with Gasteiger partial charge in [-0.05, 0) is 61.5 Å². The maximum Gasteiger partial charge on any atom is 0.199 e. The van der Waals surface area contributed by atoms with Crippen molar-refractivity contribution in [3.05, 3.63) is 53.6 Å². The van der Waals surface area contributed by atoms with E-state index < -0.39 is 0 Å². The Kier molecular flexibility index (Phi) is 6.99. The third-order valence-electron chi connectivity index (χ3n) is 5.67. The van der Waals surface area contributed by atoms with Gasteiger partial charge < -0.3 is 9.64 Å². The highest BCUT2D eigenvalue weighted by Crippen LogP contribution is 2.21. The molecule has 1 aliphatic heterocycles. The first-order valence-electron chi connectivity index (χ1n) is 10.9. The number of anilines is 1. The predicted octanol–water partition coefficient (Wildman–Crippen LogP) is 4.06. The number of rotatable bonds is 7. The fourth-order valence-electron chi connectivity index (χ4n) is 4.03. The standard InChI is InChI=1S/C23H30N6OS/c1-3-13-28-22(19-9-11-24-12-10-19)25-29(23(28)31)18-26-14-4-15-27(17-16-26)20-5-7-21(30-2)8-6-20/h5-12H,3-4,13-18H2,1-2H3. The molecule has 0 unspecified atom stereocenters. The van der Waals surface area contributed by atoms with E-state index in [0.29, 0.717) is 6.67 Å². The van der Waals surface area contributed by atoms with Gasteiger partial charge in [-0.25, -0.2) is 4.68 Å². The molecule has 0 bridgehead atoms. The van der Waals surface area contributed by atoms with Gasteiger partial charge in [0.05, 0.1) is 13.8 Å². The van der Waals surface area contributed by atoms with E-state index in [-0.39, 0.29) is 0 Å². The molecule has 0 radical (unpaired) electrons. The second-order valence-electron chi connectivity index (χ2n) is 7.79. The van der Waals surface area contributed by atoms with Crippen LogP contribution >= 0.6 is 12.2 Å². The van der Waals surface area contributed by atoms with Crippen molar-refractivity contribution in [2.75, 3.05) is 38.2 Å². The Bertz CT molecular complexity index is 1030. The molecule has 1 fully saturated rings. The Balaban J connectivity index is 1.48. The lowest BCUT2D eigenvalue weighted by molar-refractivity contribution is 0.219. The van der Waals surface area contributed by atoms with Gasteiger partial charge in [-0.2, -0.15) is 5.10 Å². The number of aromatic nitrogens is 4. The third-order valence-corrected chi connectivity index (χ3v) is 6.10. The van der Waals surface area contributed by atoms with E-state index in [9.17, 15) is 0 Å². The summed E-state index contributed by atoms with van der Waals surface area (Å²) in [4.78, 5) is 9.02. The summed E-state index contributed by atoms with van der Waals surface area (Å²) in [5, 5.41) is 4.90. The summed E-state index contributed by atoms with van der Waals surface area (Å²) in [5.41, 5.74) is 2.29. The van der Waals surface area contributed by atoms with Gasteiger partial charge in [-0.15, -0.1) is 0 Å². The van der Waals surface area contributed by atoms with Crippen molar-refractivity contribution in [2.24, 2.45) is 0 Å². The molecule has 2 aromatic heterocycles. The zero-order valence-corrected chi connectivity index (χ0v) is 19.1. The molecule has 4 rings (SSSR count). The van der Waals surface area contributed by atoms with Gasteiger partial charge in [-0.3, -0.25) is 14.5 Å². The van der Waals surface area contributed by atoms with Crippen LogP contribution in [-0.4, -0.2) is 57.5 Å². The van der Waals surface area contributed by atoms with Gasteiger partial charge in [0.25, 0.3) is 0 Å². The van der Waals surface area contributed by atoms with E-state index in [2.05, 4.69) is 38.4 Å². The number of benzene rings is 1. The van der Waals surface area contributed by atoms with Crippen LogP contribution in [0.4, 0.5) is 5.69 Å². The molecule has 0 atom stereocenters. The van der Waals surface area contributed by atoms with Crippen LogP contribution in [0.3, 0.4) is 0 Å². The lowest BCUT2D eigenvalue weighted by Gasteiger charge is -2.23. The molecular formula is C23H30N6OS. The molecule has 3 heterocycles. The summed E-state index contributed by atoms with van der Waals surface area (Å²) in [6, 6.07) is 12.3. The first-order chi connectivity index (χ1) is 15.2. The summed E-state index contributed by atoms with van der Waals surface area (Å²) < 4.78 is 10.2. The molecule has 0 aliphatic carbocycles. The summed E-state index contributed by atoms with van der Waals surface area (Å²) in [5.74, 6) is 1.81. The fraction of sp³-hybridized carbons (Fsp3) is 0.435. The maximum atomic E-state index is 5.80. The van der Waals surface area contributed by atoms with Gasteiger partial charge >= 0.3 is 0 Å². The molecule has 0 amide bonds.